The van der Waals surface area contributed by atoms with E-state index in [1.807, 2.05) is 88.5 Å². The number of amides is 2. The summed E-state index contributed by atoms with van der Waals surface area (Å²) >= 11 is 4.06. The highest BCUT2D eigenvalue weighted by Crippen LogP contribution is 2.28. The summed E-state index contributed by atoms with van der Waals surface area (Å²) in [5.74, 6) is 0.169. The van der Waals surface area contributed by atoms with E-state index in [4.69, 9.17) is 4.74 Å². The second kappa shape index (κ2) is 11.5. The maximum Gasteiger partial charge on any atom is 0.408 e. The number of hydrogen-bond donors (Lipinski definition) is 3. The fourth-order valence-corrected chi connectivity index (χ4v) is 4.81. The van der Waals surface area contributed by atoms with Gasteiger partial charge in [0, 0.05) is 12.1 Å². The molecule has 3 rings (SSSR count). The van der Waals surface area contributed by atoms with Crippen LogP contribution in [0.15, 0.2) is 60.7 Å². The molecule has 7 nitrogen and oxygen atoms in total. The van der Waals surface area contributed by atoms with E-state index in [2.05, 4.69) is 15.6 Å². The Balaban J connectivity index is 1.74. The third-order valence-corrected chi connectivity index (χ3v) is 6.12. The molecule has 0 unspecified atom stereocenters. The number of benzene rings is 2. The number of carbonyl (C=O) groups excluding carboxylic acids is 2. The molecule has 0 spiro atoms. The molecule has 0 saturated heterocycles. The number of nitrogens with one attached hydrogen (secondary N) is 2. The number of nitrogens with zero attached hydrogens (tertiary/aromatic N) is 1. The molecule has 32 heavy (non-hydrogen) atoms. The van der Waals surface area contributed by atoms with Crippen LogP contribution in [0.4, 0.5) is 10.6 Å². The van der Waals surface area contributed by atoms with Crippen molar-refractivity contribution in [3.05, 3.63) is 84.6 Å². The molecule has 2 amide bonds. The molecule has 0 bridgehead atoms. The lowest BCUT2D eigenvalue weighted by atomic mass is 10.1. The number of phenolic OH excluding ortho intramolecular Hbond substituents is 1. The number of halogens is 2. The Bertz CT molecular complexity index is 1090. The van der Waals surface area contributed by atoms with Gasteiger partial charge in [0.1, 0.15) is 24.2 Å². The van der Waals surface area contributed by atoms with Crippen LogP contribution in [0.1, 0.15) is 16.8 Å². The number of aromatic hydroxyl groups is 1. The normalized spacial score (nSPS) is 11.5. The molecule has 3 aromatic rings. The Morgan fingerprint density at radius 3 is 2.38 bits per heavy atom. The second-order valence-electron chi connectivity index (χ2n) is 7.02. The molecule has 0 aliphatic heterocycles. The molecule has 0 aliphatic rings. The van der Waals surface area contributed by atoms with Crippen LogP contribution in [0.2, 0.25) is 0 Å². The molecule has 0 fully saturated rings. The molecule has 0 saturated carbocycles. The molecule has 9 heteroatoms. The van der Waals surface area contributed by atoms with E-state index in [1.54, 1.807) is 24.3 Å². The van der Waals surface area contributed by atoms with E-state index in [0.29, 0.717) is 13.0 Å². The van der Waals surface area contributed by atoms with Gasteiger partial charge >= 0.3 is 6.09 Å². The molecule has 1 aromatic heterocycles. The summed E-state index contributed by atoms with van der Waals surface area (Å²) in [5, 5.41) is 15.4. The summed E-state index contributed by atoms with van der Waals surface area (Å²) in [7, 11) is 0. The summed E-state index contributed by atoms with van der Waals surface area (Å²) in [5.41, 5.74) is 2.39. The van der Waals surface area contributed by atoms with Crippen LogP contribution in [0.3, 0.4) is 0 Å². The first-order valence-electron chi connectivity index (χ1n) is 9.70. The SMILES string of the molecule is Cc1cccc(NC(=O)[C@@H](Cc2cc(I)c(O)c(I)c2)NC(=O)OCc2ccccc2)n1. The van der Waals surface area contributed by atoms with E-state index in [0.717, 1.165) is 16.8 Å². The number of alkyl carbamates (subject to hydrolysis) is 1. The zero-order valence-corrected chi connectivity index (χ0v) is 21.5. The second-order valence-corrected chi connectivity index (χ2v) is 9.35. The van der Waals surface area contributed by atoms with Crippen LogP contribution < -0.4 is 10.6 Å². The fraction of sp³-hybridized carbons (Fsp3) is 0.174. The van der Waals surface area contributed by atoms with Gasteiger partial charge in [-0.15, -0.1) is 0 Å². The number of aryl methyl sites for hydroxylation is 1. The maximum atomic E-state index is 13.0. The minimum absolute atomic E-state index is 0.0927. The number of rotatable bonds is 7. The highest BCUT2D eigenvalue weighted by Gasteiger charge is 2.23. The van der Waals surface area contributed by atoms with E-state index in [9.17, 15) is 14.7 Å². The number of pyridine rings is 1. The van der Waals surface area contributed by atoms with E-state index in [-0.39, 0.29) is 18.8 Å². The van der Waals surface area contributed by atoms with Crippen LogP contribution in [-0.2, 0) is 22.6 Å². The first-order valence-corrected chi connectivity index (χ1v) is 11.9. The van der Waals surface area contributed by atoms with Gasteiger partial charge in [-0.3, -0.25) is 4.79 Å². The Kier molecular flexibility index (Phi) is 8.67. The first-order chi connectivity index (χ1) is 15.3. The molecular weight excluding hydrogens is 636 g/mol. The molecule has 3 N–H and O–H groups in total. The average Bonchev–Trinajstić information content (AvgIpc) is 2.76. The summed E-state index contributed by atoms with van der Waals surface area (Å²) in [6.45, 7) is 1.92. The van der Waals surface area contributed by atoms with Gasteiger partial charge in [-0.05, 0) is 87.5 Å². The Hall–Kier alpha value is -2.41. The molecule has 1 heterocycles. The quantitative estimate of drug-likeness (QED) is 0.318. The highest BCUT2D eigenvalue weighted by atomic mass is 127. The minimum atomic E-state index is -0.906. The van der Waals surface area contributed by atoms with Crippen molar-refractivity contribution in [3.8, 4) is 5.75 Å². The molecule has 2 aromatic carbocycles. The summed E-state index contributed by atoms with van der Waals surface area (Å²) in [6.07, 6.45) is -0.487. The molecule has 0 radical (unpaired) electrons. The smallest absolute Gasteiger partial charge is 0.408 e. The van der Waals surface area contributed by atoms with E-state index >= 15 is 0 Å². The predicted molar refractivity (Wildman–Crippen MR) is 138 cm³/mol. The lowest BCUT2D eigenvalue weighted by molar-refractivity contribution is -0.118. The number of aromatic nitrogens is 1. The van der Waals surface area contributed by atoms with Gasteiger partial charge in [0.05, 0.1) is 7.14 Å². The number of phenols is 1. The maximum absolute atomic E-state index is 13.0. The Labute approximate surface area is 213 Å². The van der Waals surface area contributed by atoms with Gasteiger partial charge in [0.15, 0.2) is 0 Å². The fourth-order valence-electron chi connectivity index (χ4n) is 2.91. The van der Waals surface area contributed by atoms with Crippen molar-refractivity contribution >= 4 is 63.0 Å². The highest BCUT2D eigenvalue weighted by molar-refractivity contribution is 14.1. The van der Waals surface area contributed by atoms with Crippen molar-refractivity contribution in [3.63, 3.8) is 0 Å². The van der Waals surface area contributed by atoms with Crippen LogP contribution in [0.5, 0.6) is 5.75 Å². The first kappa shape index (κ1) is 24.2. The largest absolute Gasteiger partial charge is 0.506 e. The van der Waals surface area contributed by atoms with Crippen LogP contribution in [0.25, 0.3) is 0 Å². The molecule has 1 atom stereocenters. The Morgan fingerprint density at radius 2 is 1.72 bits per heavy atom. The zero-order valence-electron chi connectivity index (χ0n) is 17.1. The van der Waals surface area contributed by atoms with E-state index < -0.39 is 18.0 Å². The topological polar surface area (TPSA) is 101 Å². The third kappa shape index (κ3) is 7.05. The summed E-state index contributed by atoms with van der Waals surface area (Å²) < 4.78 is 6.62. The van der Waals surface area contributed by atoms with Gasteiger partial charge in [0.25, 0.3) is 0 Å². The number of ether oxygens (including phenoxy) is 1. The van der Waals surface area contributed by atoms with Crippen molar-refractivity contribution in [1.29, 1.82) is 0 Å². The van der Waals surface area contributed by atoms with Gasteiger partial charge in [-0.1, -0.05) is 36.4 Å². The van der Waals surface area contributed by atoms with Crippen molar-refractivity contribution in [1.82, 2.24) is 10.3 Å². The number of anilines is 1. The van der Waals surface area contributed by atoms with E-state index in [1.165, 1.54) is 0 Å². The van der Waals surface area contributed by atoms with Gasteiger partial charge in [0.2, 0.25) is 5.91 Å². The van der Waals surface area contributed by atoms with Crippen molar-refractivity contribution in [2.45, 2.75) is 26.0 Å². The van der Waals surface area contributed by atoms with Crippen molar-refractivity contribution in [2.75, 3.05) is 5.32 Å². The van der Waals surface area contributed by atoms with Gasteiger partial charge in [-0.2, -0.15) is 0 Å². The zero-order chi connectivity index (χ0) is 23.1. The van der Waals surface area contributed by atoms with Gasteiger partial charge < -0.3 is 20.5 Å². The van der Waals surface area contributed by atoms with Crippen molar-refractivity contribution < 1.29 is 19.4 Å². The van der Waals surface area contributed by atoms with Crippen LogP contribution in [-0.4, -0.2) is 28.1 Å². The van der Waals surface area contributed by atoms with Crippen molar-refractivity contribution in [2.24, 2.45) is 0 Å². The molecular formula is C23H21I2N3O4. The molecule has 0 aliphatic carbocycles. The van der Waals surface area contributed by atoms with Crippen LogP contribution in [0, 0.1) is 14.1 Å². The minimum Gasteiger partial charge on any atom is -0.506 e. The summed E-state index contributed by atoms with van der Waals surface area (Å²) in [6, 6.07) is 17.2. The predicted octanol–water partition coefficient (Wildman–Crippen LogP) is 4.78. The average molecular weight is 657 g/mol. The van der Waals surface area contributed by atoms with Crippen LogP contribution >= 0.6 is 45.2 Å². The third-order valence-electron chi connectivity index (χ3n) is 4.48. The molecule has 166 valence electrons. The summed E-state index contributed by atoms with van der Waals surface area (Å²) in [4.78, 5) is 29.7. The Morgan fingerprint density at radius 1 is 1.03 bits per heavy atom. The van der Waals surface area contributed by atoms with Gasteiger partial charge in [-0.25, -0.2) is 9.78 Å². The lowest BCUT2D eigenvalue weighted by Gasteiger charge is -2.19. The number of carbonyl (C=O) groups is 2. The standard InChI is InChI=1S/C23H21I2N3O4/c1-14-6-5-9-20(26-14)28-22(30)19(12-16-10-17(24)21(29)18(25)11-16)27-23(31)32-13-15-7-3-2-4-8-15/h2-11,19,29H,12-13H2,1H3,(H,27,31)(H,26,28,30)/t19-/m1/s1. The monoisotopic (exact) mass is 657 g/mol. The lowest BCUT2D eigenvalue weighted by Crippen LogP contribution is -2.45. The number of hydrogen-bond acceptors (Lipinski definition) is 5.